The standard InChI is InChI=1S/C17H24N4O/c1-13-16(14(2)20(3)19-13)17(22)21(12-10-18)11-9-15-7-5-4-6-8-15/h4-8H,9-12,18H2,1-3H3. The monoisotopic (exact) mass is 300 g/mol. The molecule has 0 unspecified atom stereocenters. The van der Waals surface area contributed by atoms with E-state index in [0.717, 1.165) is 17.8 Å². The minimum atomic E-state index is 0.0180. The number of hydrogen-bond donors (Lipinski definition) is 1. The van der Waals surface area contributed by atoms with E-state index in [4.69, 9.17) is 5.73 Å². The smallest absolute Gasteiger partial charge is 0.257 e. The predicted molar refractivity (Wildman–Crippen MR) is 87.8 cm³/mol. The van der Waals surface area contributed by atoms with E-state index in [1.165, 1.54) is 5.56 Å². The maximum absolute atomic E-state index is 12.8. The third-order valence-corrected chi connectivity index (χ3v) is 3.92. The molecule has 2 rings (SSSR count). The number of amides is 1. The molecule has 1 aromatic carbocycles. The van der Waals surface area contributed by atoms with Crippen molar-refractivity contribution in [1.82, 2.24) is 14.7 Å². The summed E-state index contributed by atoms with van der Waals surface area (Å²) >= 11 is 0. The minimum Gasteiger partial charge on any atom is -0.337 e. The molecule has 2 N–H and O–H groups in total. The Balaban J connectivity index is 2.14. The zero-order chi connectivity index (χ0) is 16.1. The first-order chi connectivity index (χ1) is 10.5. The summed E-state index contributed by atoms with van der Waals surface area (Å²) in [6, 6.07) is 10.2. The van der Waals surface area contributed by atoms with Crippen molar-refractivity contribution in [3.05, 3.63) is 52.8 Å². The SMILES string of the molecule is Cc1nn(C)c(C)c1C(=O)N(CCN)CCc1ccccc1. The molecule has 0 fully saturated rings. The quantitative estimate of drug-likeness (QED) is 0.883. The van der Waals surface area contributed by atoms with E-state index in [2.05, 4.69) is 17.2 Å². The van der Waals surface area contributed by atoms with Crippen LogP contribution in [0.4, 0.5) is 0 Å². The highest BCUT2D eigenvalue weighted by Crippen LogP contribution is 2.15. The van der Waals surface area contributed by atoms with Gasteiger partial charge in [0.25, 0.3) is 5.91 Å². The van der Waals surface area contributed by atoms with Crippen LogP contribution in [-0.2, 0) is 13.5 Å². The topological polar surface area (TPSA) is 64.2 Å². The van der Waals surface area contributed by atoms with Crippen molar-refractivity contribution in [2.24, 2.45) is 12.8 Å². The Morgan fingerprint density at radius 1 is 1.23 bits per heavy atom. The molecule has 0 radical (unpaired) electrons. The summed E-state index contributed by atoms with van der Waals surface area (Å²) in [6.45, 7) is 5.47. The molecule has 22 heavy (non-hydrogen) atoms. The maximum atomic E-state index is 12.8. The average Bonchev–Trinajstić information content (AvgIpc) is 2.77. The zero-order valence-electron chi connectivity index (χ0n) is 13.5. The number of nitrogens with two attached hydrogens (primary N) is 1. The third kappa shape index (κ3) is 3.54. The molecule has 0 aliphatic carbocycles. The largest absolute Gasteiger partial charge is 0.337 e. The lowest BCUT2D eigenvalue weighted by atomic mass is 10.1. The number of rotatable bonds is 6. The molecule has 1 amide bonds. The van der Waals surface area contributed by atoms with Gasteiger partial charge in [-0.15, -0.1) is 0 Å². The Labute approximate surface area is 131 Å². The molecular formula is C17H24N4O. The number of aryl methyl sites for hydroxylation is 2. The van der Waals surface area contributed by atoms with Crippen molar-refractivity contribution in [2.75, 3.05) is 19.6 Å². The van der Waals surface area contributed by atoms with Crippen LogP contribution in [0.2, 0.25) is 0 Å². The number of nitrogens with zero attached hydrogens (tertiary/aromatic N) is 3. The van der Waals surface area contributed by atoms with Crippen LogP contribution in [0.1, 0.15) is 27.3 Å². The van der Waals surface area contributed by atoms with Gasteiger partial charge in [0.1, 0.15) is 0 Å². The molecule has 0 saturated heterocycles. The zero-order valence-corrected chi connectivity index (χ0v) is 13.5. The third-order valence-electron chi connectivity index (χ3n) is 3.92. The maximum Gasteiger partial charge on any atom is 0.257 e. The van der Waals surface area contributed by atoms with Crippen LogP contribution in [-0.4, -0.2) is 40.2 Å². The lowest BCUT2D eigenvalue weighted by molar-refractivity contribution is 0.0760. The Bertz CT molecular complexity index is 634. The Morgan fingerprint density at radius 2 is 1.91 bits per heavy atom. The average molecular weight is 300 g/mol. The molecule has 5 nitrogen and oxygen atoms in total. The van der Waals surface area contributed by atoms with E-state index < -0.39 is 0 Å². The van der Waals surface area contributed by atoms with Crippen molar-refractivity contribution in [1.29, 1.82) is 0 Å². The van der Waals surface area contributed by atoms with Gasteiger partial charge >= 0.3 is 0 Å². The first kappa shape index (κ1) is 16.2. The van der Waals surface area contributed by atoms with E-state index in [9.17, 15) is 4.79 Å². The number of carbonyl (C=O) groups is 1. The lowest BCUT2D eigenvalue weighted by Crippen LogP contribution is -2.37. The molecule has 0 aliphatic rings. The van der Waals surface area contributed by atoms with E-state index in [-0.39, 0.29) is 5.91 Å². The van der Waals surface area contributed by atoms with Crippen LogP contribution < -0.4 is 5.73 Å². The molecule has 0 aliphatic heterocycles. The van der Waals surface area contributed by atoms with Gasteiger partial charge in [-0.05, 0) is 25.8 Å². The summed E-state index contributed by atoms with van der Waals surface area (Å²) < 4.78 is 1.75. The van der Waals surface area contributed by atoms with Gasteiger partial charge in [0.2, 0.25) is 0 Å². The highest BCUT2D eigenvalue weighted by atomic mass is 16.2. The molecule has 5 heteroatoms. The molecule has 1 aromatic heterocycles. The first-order valence-corrected chi connectivity index (χ1v) is 7.58. The molecule has 1 heterocycles. The number of carbonyl (C=O) groups excluding carboxylic acids is 1. The van der Waals surface area contributed by atoms with Gasteiger partial charge in [0.05, 0.1) is 11.3 Å². The molecule has 118 valence electrons. The van der Waals surface area contributed by atoms with Gasteiger partial charge in [-0.1, -0.05) is 30.3 Å². The van der Waals surface area contributed by atoms with Gasteiger partial charge < -0.3 is 10.6 Å². The highest BCUT2D eigenvalue weighted by molar-refractivity contribution is 5.96. The Hall–Kier alpha value is -2.14. The van der Waals surface area contributed by atoms with Gasteiger partial charge in [-0.25, -0.2) is 0 Å². The fourth-order valence-corrected chi connectivity index (χ4v) is 2.62. The van der Waals surface area contributed by atoms with Crippen molar-refractivity contribution in [3.63, 3.8) is 0 Å². The Kier molecular flexibility index (Phi) is 5.33. The summed E-state index contributed by atoms with van der Waals surface area (Å²) in [6.07, 6.45) is 0.824. The van der Waals surface area contributed by atoms with E-state index in [0.29, 0.717) is 25.2 Å². The molecular weight excluding hydrogens is 276 g/mol. The van der Waals surface area contributed by atoms with Crippen LogP contribution in [0.25, 0.3) is 0 Å². The second kappa shape index (κ2) is 7.22. The summed E-state index contributed by atoms with van der Waals surface area (Å²) in [7, 11) is 1.86. The van der Waals surface area contributed by atoms with Crippen LogP contribution in [0.15, 0.2) is 30.3 Å². The molecule has 0 atom stereocenters. The normalized spacial score (nSPS) is 10.7. The summed E-state index contributed by atoms with van der Waals surface area (Å²) in [4.78, 5) is 14.7. The van der Waals surface area contributed by atoms with Gasteiger partial charge in [0.15, 0.2) is 0 Å². The molecule has 0 spiro atoms. The van der Waals surface area contributed by atoms with Crippen LogP contribution in [0.3, 0.4) is 0 Å². The van der Waals surface area contributed by atoms with Crippen LogP contribution >= 0.6 is 0 Å². The van der Waals surface area contributed by atoms with Crippen molar-refractivity contribution in [2.45, 2.75) is 20.3 Å². The fraction of sp³-hybridized carbons (Fsp3) is 0.412. The van der Waals surface area contributed by atoms with Gasteiger partial charge in [-0.2, -0.15) is 5.10 Å². The summed E-state index contributed by atoms with van der Waals surface area (Å²) in [5, 5.41) is 4.33. The van der Waals surface area contributed by atoms with E-state index >= 15 is 0 Å². The van der Waals surface area contributed by atoms with E-state index in [1.807, 2.05) is 44.0 Å². The first-order valence-electron chi connectivity index (χ1n) is 7.58. The number of hydrogen-bond acceptors (Lipinski definition) is 3. The van der Waals surface area contributed by atoms with Gasteiger partial charge in [0, 0.05) is 32.4 Å². The molecule has 0 saturated carbocycles. The highest BCUT2D eigenvalue weighted by Gasteiger charge is 2.22. The van der Waals surface area contributed by atoms with Crippen LogP contribution in [0, 0.1) is 13.8 Å². The summed E-state index contributed by atoms with van der Waals surface area (Å²) in [5.74, 6) is 0.0180. The predicted octanol–water partition coefficient (Wildman–Crippen LogP) is 1.68. The van der Waals surface area contributed by atoms with Gasteiger partial charge in [-0.3, -0.25) is 9.48 Å². The summed E-state index contributed by atoms with van der Waals surface area (Å²) in [5.41, 5.74) is 9.26. The number of aromatic nitrogens is 2. The minimum absolute atomic E-state index is 0.0180. The Morgan fingerprint density at radius 3 is 2.45 bits per heavy atom. The van der Waals surface area contributed by atoms with Crippen molar-refractivity contribution in [3.8, 4) is 0 Å². The van der Waals surface area contributed by atoms with E-state index in [1.54, 1.807) is 4.68 Å². The second-order valence-corrected chi connectivity index (χ2v) is 5.49. The lowest BCUT2D eigenvalue weighted by Gasteiger charge is -2.22. The molecule has 2 aromatic rings. The van der Waals surface area contributed by atoms with Crippen LogP contribution in [0.5, 0.6) is 0 Å². The second-order valence-electron chi connectivity index (χ2n) is 5.49. The van der Waals surface area contributed by atoms with Crippen molar-refractivity contribution >= 4 is 5.91 Å². The number of benzene rings is 1. The van der Waals surface area contributed by atoms with Crippen molar-refractivity contribution < 1.29 is 4.79 Å². The fourth-order valence-electron chi connectivity index (χ4n) is 2.62. The molecule has 0 bridgehead atoms.